The second kappa shape index (κ2) is 3.19. The largest absolute Gasteiger partial charge is 0.100 e. The van der Waals surface area contributed by atoms with Crippen LogP contribution in [0.4, 0.5) is 0 Å². The van der Waals surface area contributed by atoms with Gasteiger partial charge in [-0.2, -0.15) is 0 Å². The van der Waals surface area contributed by atoms with Gasteiger partial charge in [-0.3, -0.25) is 0 Å². The summed E-state index contributed by atoms with van der Waals surface area (Å²) in [6.07, 6.45) is 0. The summed E-state index contributed by atoms with van der Waals surface area (Å²) in [4.78, 5) is 0. The lowest BCUT2D eigenvalue weighted by Crippen LogP contribution is -1.81. The number of benzene rings is 2. The second-order valence-electron chi connectivity index (χ2n) is 3.04. The van der Waals surface area contributed by atoms with Crippen LogP contribution in [0, 0.1) is 0 Å². The Balaban J connectivity index is 2.69. The number of hydrogen-bond donors (Lipinski definition) is 0. The maximum absolute atomic E-state index is 3.85. The van der Waals surface area contributed by atoms with Crippen molar-refractivity contribution in [1.82, 2.24) is 0 Å². The van der Waals surface area contributed by atoms with Gasteiger partial charge in [0.15, 0.2) is 0 Å². The number of fused-ring (bicyclic) bond motifs is 1. The van der Waals surface area contributed by atoms with Crippen molar-refractivity contribution in [3.63, 3.8) is 0 Å². The molecule has 2 aromatic rings. The molecule has 13 heavy (non-hydrogen) atoms. The molecule has 0 aliphatic carbocycles. The summed E-state index contributed by atoms with van der Waals surface area (Å²) in [5.74, 6) is 0. The van der Waals surface area contributed by atoms with Crippen LogP contribution < -0.4 is 0 Å². The Bertz CT molecular complexity index is 457. The first-order valence-electron chi connectivity index (χ1n) is 4.17. The molecule has 3 radical (unpaired) electrons. The molecule has 0 saturated carbocycles. The van der Waals surface area contributed by atoms with Crippen LogP contribution in [-0.4, -0.2) is 10.2 Å². The molecule has 0 atom stereocenters. The minimum atomic E-state index is 0.922. The SMILES string of the molecule is C=C([Si])c1ccc2ccccc2c1. The normalized spacial score (nSPS) is 10.2. The highest BCUT2D eigenvalue weighted by Gasteiger charge is 1.95. The molecule has 0 saturated heterocycles. The van der Waals surface area contributed by atoms with Crippen LogP contribution in [0.1, 0.15) is 5.56 Å². The van der Waals surface area contributed by atoms with Crippen LogP contribution >= 0.6 is 0 Å². The fourth-order valence-electron chi connectivity index (χ4n) is 1.38. The van der Waals surface area contributed by atoms with Crippen LogP contribution in [0.25, 0.3) is 16.0 Å². The van der Waals surface area contributed by atoms with Gasteiger partial charge in [0.05, 0.1) is 10.2 Å². The molecule has 0 bridgehead atoms. The third kappa shape index (κ3) is 1.56. The highest BCUT2D eigenvalue weighted by Crippen LogP contribution is 2.18. The lowest BCUT2D eigenvalue weighted by Gasteiger charge is -2.01. The molecule has 0 aromatic heterocycles. The summed E-state index contributed by atoms with van der Waals surface area (Å²) in [6, 6.07) is 14.6. The van der Waals surface area contributed by atoms with Gasteiger partial charge >= 0.3 is 0 Å². The Hall–Kier alpha value is -1.34. The van der Waals surface area contributed by atoms with Crippen molar-refractivity contribution in [1.29, 1.82) is 0 Å². The molecular weight excluding hydrogens is 172 g/mol. The Morgan fingerprint density at radius 1 is 1.00 bits per heavy atom. The molecule has 0 spiro atoms. The Labute approximate surface area is 81.3 Å². The first-order chi connectivity index (χ1) is 6.27. The zero-order valence-corrected chi connectivity index (χ0v) is 8.25. The topological polar surface area (TPSA) is 0 Å². The Kier molecular flexibility index (Phi) is 2.03. The lowest BCUT2D eigenvalue weighted by molar-refractivity contribution is 1.70. The van der Waals surface area contributed by atoms with Crippen molar-refractivity contribution < 1.29 is 0 Å². The monoisotopic (exact) mass is 181 g/mol. The fraction of sp³-hybridized carbons (Fsp3) is 0. The van der Waals surface area contributed by atoms with Crippen molar-refractivity contribution in [3.8, 4) is 0 Å². The minimum Gasteiger partial charge on any atom is -0.100 e. The van der Waals surface area contributed by atoms with E-state index < -0.39 is 0 Å². The van der Waals surface area contributed by atoms with Gasteiger partial charge in [0, 0.05) is 0 Å². The molecule has 0 heterocycles. The van der Waals surface area contributed by atoms with Crippen molar-refractivity contribution in [2.24, 2.45) is 0 Å². The van der Waals surface area contributed by atoms with Gasteiger partial charge in [0.1, 0.15) is 0 Å². The maximum atomic E-state index is 3.85. The van der Waals surface area contributed by atoms with Gasteiger partial charge in [-0.15, -0.1) is 6.58 Å². The average molecular weight is 181 g/mol. The molecule has 0 fully saturated rings. The van der Waals surface area contributed by atoms with E-state index in [-0.39, 0.29) is 0 Å². The van der Waals surface area contributed by atoms with E-state index in [9.17, 15) is 0 Å². The molecule has 0 unspecified atom stereocenters. The predicted molar refractivity (Wildman–Crippen MR) is 58.7 cm³/mol. The van der Waals surface area contributed by atoms with Gasteiger partial charge in [-0.25, -0.2) is 0 Å². The van der Waals surface area contributed by atoms with Gasteiger partial charge in [0.2, 0.25) is 0 Å². The molecule has 0 aliphatic rings. The number of rotatable bonds is 1. The zero-order chi connectivity index (χ0) is 9.26. The smallest absolute Gasteiger partial charge is 0.0711 e. The first kappa shape index (κ1) is 8.26. The summed E-state index contributed by atoms with van der Waals surface area (Å²) >= 11 is 0. The third-order valence-electron chi connectivity index (χ3n) is 2.10. The van der Waals surface area contributed by atoms with Crippen LogP contribution in [0.3, 0.4) is 0 Å². The van der Waals surface area contributed by atoms with Crippen LogP contribution in [0.5, 0.6) is 0 Å². The Morgan fingerprint density at radius 2 is 1.69 bits per heavy atom. The molecule has 0 nitrogen and oxygen atoms in total. The molecule has 2 aromatic carbocycles. The summed E-state index contributed by atoms with van der Waals surface area (Å²) in [7, 11) is 3.42. The van der Waals surface area contributed by atoms with Crippen LogP contribution in [0.15, 0.2) is 49.0 Å². The van der Waals surface area contributed by atoms with Crippen LogP contribution in [-0.2, 0) is 0 Å². The molecule has 0 N–H and O–H groups in total. The lowest BCUT2D eigenvalue weighted by atomic mass is 10.1. The predicted octanol–water partition coefficient (Wildman–Crippen LogP) is 2.98. The van der Waals surface area contributed by atoms with Crippen molar-refractivity contribution >= 4 is 26.2 Å². The van der Waals surface area contributed by atoms with E-state index in [2.05, 4.69) is 47.2 Å². The first-order valence-corrected chi connectivity index (χ1v) is 4.67. The van der Waals surface area contributed by atoms with E-state index in [1.165, 1.54) is 10.8 Å². The minimum absolute atomic E-state index is 0.922. The van der Waals surface area contributed by atoms with E-state index >= 15 is 0 Å². The Morgan fingerprint density at radius 3 is 2.38 bits per heavy atom. The van der Waals surface area contributed by atoms with Gasteiger partial charge < -0.3 is 0 Å². The molecular formula is C12H9Si. The molecule has 61 valence electrons. The number of hydrogen-bond acceptors (Lipinski definition) is 0. The molecule has 2 rings (SSSR count). The van der Waals surface area contributed by atoms with E-state index in [4.69, 9.17) is 0 Å². The highest BCUT2D eigenvalue weighted by atomic mass is 28.1. The summed E-state index contributed by atoms with van der Waals surface area (Å²) in [5, 5.41) is 3.43. The quantitative estimate of drug-likeness (QED) is 0.593. The summed E-state index contributed by atoms with van der Waals surface area (Å²) in [6.45, 7) is 3.85. The highest BCUT2D eigenvalue weighted by molar-refractivity contribution is 6.41. The van der Waals surface area contributed by atoms with Gasteiger partial charge in [-0.1, -0.05) is 41.6 Å². The van der Waals surface area contributed by atoms with E-state index in [0.29, 0.717) is 0 Å². The second-order valence-corrected chi connectivity index (χ2v) is 3.64. The van der Waals surface area contributed by atoms with Crippen molar-refractivity contribution in [3.05, 3.63) is 54.6 Å². The molecule has 0 amide bonds. The average Bonchev–Trinajstić information content (AvgIpc) is 2.17. The van der Waals surface area contributed by atoms with Gasteiger partial charge in [-0.05, 0) is 22.4 Å². The maximum Gasteiger partial charge on any atom is 0.0711 e. The van der Waals surface area contributed by atoms with E-state index in [0.717, 1.165) is 10.8 Å². The van der Waals surface area contributed by atoms with E-state index in [1.807, 2.05) is 12.1 Å². The third-order valence-corrected chi connectivity index (χ3v) is 2.39. The summed E-state index contributed by atoms with van der Waals surface area (Å²) < 4.78 is 0. The standard InChI is InChI=1S/C12H9Si/c1-9(13)11-7-6-10-4-2-3-5-12(10)8-11/h2-8H,1H2. The van der Waals surface area contributed by atoms with Crippen molar-refractivity contribution in [2.45, 2.75) is 0 Å². The summed E-state index contributed by atoms with van der Waals surface area (Å²) in [5.41, 5.74) is 1.13. The molecule has 1 heteroatoms. The molecule has 0 aliphatic heterocycles. The van der Waals surface area contributed by atoms with Gasteiger partial charge in [0.25, 0.3) is 0 Å². The van der Waals surface area contributed by atoms with E-state index in [1.54, 1.807) is 0 Å². The van der Waals surface area contributed by atoms with Crippen LogP contribution in [0.2, 0.25) is 0 Å². The fourth-order valence-corrected chi connectivity index (χ4v) is 1.53. The zero-order valence-electron chi connectivity index (χ0n) is 7.25. The van der Waals surface area contributed by atoms with Crippen molar-refractivity contribution in [2.75, 3.05) is 0 Å².